The number of rotatable bonds is 7. The fraction of sp³-hybridized carbons (Fsp3) is 0.125. The Kier molecular flexibility index (Phi) is 6.45. The molecule has 0 fully saturated rings. The summed E-state index contributed by atoms with van der Waals surface area (Å²) >= 11 is 5.84. The Labute approximate surface area is 151 Å². The minimum absolute atomic E-state index is 0.00419. The molecule has 0 aliphatic rings. The molecule has 10 heteroatoms. The lowest BCUT2D eigenvalue weighted by atomic mass is 10.3. The van der Waals surface area contributed by atoms with Crippen LogP contribution in [0.25, 0.3) is 0 Å². The van der Waals surface area contributed by atoms with Gasteiger partial charge in [0.05, 0.1) is 15.6 Å². The van der Waals surface area contributed by atoms with E-state index in [9.17, 15) is 24.1 Å². The van der Waals surface area contributed by atoms with E-state index >= 15 is 0 Å². The van der Waals surface area contributed by atoms with Gasteiger partial charge in [-0.25, -0.2) is 9.18 Å². The van der Waals surface area contributed by atoms with Crippen molar-refractivity contribution in [3.8, 4) is 5.75 Å². The van der Waals surface area contributed by atoms with Gasteiger partial charge in [-0.15, -0.1) is 0 Å². The van der Waals surface area contributed by atoms with Crippen LogP contribution >= 0.6 is 11.6 Å². The Balaban J connectivity index is 1.83. The summed E-state index contributed by atoms with van der Waals surface area (Å²) in [6, 6.07) is 8.99. The lowest BCUT2D eigenvalue weighted by Crippen LogP contribution is -2.24. The van der Waals surface area contributed by atoms with E-state index in [1.165, 1.54) is 30.3 Å². The molecule has 0 aliphatic heterocycles. The molecule has 0 radical (unpaired) electrons. The van der Waals surface area contributed by atoms with Gasteiger partial charge in [0.1, 0.15) is 0 Å². The van der Waals surface area contributed by atoms with E-state index in [1.54, 1.807) is 0 Å². The molecule has 8 nitrogen and oxygen atoms in total. The summed E-state index contributed by atoms with van der Waals surface area (Å²) < 4.78 is 22.9. The fourth-order valence-corrected chi connectivity index (χ4v) is 1.96. The molecule has 2 aromatic rings. The molecule has 1 N–H and O–H groups in total. The molecule has 0 spiro atoms. The van der Waals surface area contributed by atoms with Gasteiger partial charge in [0, 0.05) is 12.1 Å². The second kappa shape index (κ2) is 8.77. The highest BCUT2D eigenvalue weighted by molar-refractivity contribution is 6.33. The average molecular weight is 383 g/mol. The van der Waals surface area contributed by atoms with E-state index in [0.717, 1.165) is 12.1 Å². The maximum absolute atomic E-state index is 13.3. The highest BCUT2D eigenvalue weighted by Gasteiger charge is 2.14. The Bertz CT molecular complexity index is 845. The van der Waals surface area contributed by atoms with Gasteiger partial charge >= 0.3 is 5.97 Å². The van der Waals surface area contributed by atoms with E-state index in [2.05, 4.69) is 10.1 Å². The number of non-ortho nitro benzene ring substituents is 1. The zero-order chi connectivity index (χ0) is 19.1. The second-order valence-electron chi connectivity index (χ2n) is 4.85. The molecule has 0 saturated carbocycles. The quantitative estimate of drug-likeness (QED) is 0.448. The van der Waals surface area contributed by atoms with Crippen LogP contribution in [0, 0.1) is 15.9 Å². The third kappa shape index (κ3) is 5.42. The van der Waals surface area contributed by atoms with Crippen molar-refractivity contribution in [2.24, 2.45) is 0 Å². The predicted octanol–water partition coefficient (Wildman–Crippen LogP) is 2.95. The predicted molar refractivity (Wildman–Crippen MR) is 89.6 cm³/mol. The maximum atomic E-state index is 13.3. The molecule has 0 atom stereocenters. The zero-order valence-corrected chi connectivity index (χ0v) is 13.9. The Morgan fingerprint density at radius 2 is 1.92 bits per heavy atom. The van der Waals surface area contributed by atoms with Gasteiger partial charge in [-0.2, -0.15) is 0 Å². The molecule has 0 aromatic heterocycles. The molecule has 0 bridgehead atoms. The number of carbonyl (C=O) groups excluding carboxylic acids is 2. The number of carbonyl (C=O) groups is 2. The van der Waals surface area contributed by atoms with E-state index in [1.807, 2.05) is 0 Å². The summed E-state index contributed by atoms with van der Waals surface area (Å²) in [6.45, 7) is -1.26. The van der Waals surface area contributed by atoms with Crippen molar-refractivity contribution in [1.29, 1.82) is 0 Å². The van der Waals surface area contributed by atoms with E-state index in [4.69, 9.17) is 16.3 Å². The number of nitro benzene ring substituents is 1. The molecule has 26 heavy (non-hydrogen) atoms. The van der Waals surface area contributed by atoms with Crippen LogP contribution < -0.4 is 10.1 Å². The smallest absolute Gasteiger partial charge is 0.344 e. The molecular formula is C16H12ClFN2O6. The normalized spacial score (nSPS) is 10.1. The molecule has 0 saturated heterocycles. The number of nitro groups is 1. The minimum atomic E-state index is -0.895. The molecule has 1 amide bonds. The minimum Gasteiger partial charge on any atom is -0.479 e. The van der Waals surface area contributed by atoms with E-state index < -0.39 is 35.8 Å². The zero-order valence-electron chi connectivity index (χ0n) is 13.1. The van der Waals surface area contributed by atoms with E-state index in [0.29, 0.717) is 0 Å². The number of halogens is 2. The molecular weight excluding hydrogens is 371 g/mol. The Morgan fingerprint density at radius 3 is 2.62 bits per heavy atom. The summed E-state index contributed by atoms with van der Waals surface area (Å²) in [5.41, 5.74) is -0.260. The highest BCUT2D eigenvalue weighted by Crippen LogP contribution is 2.26. The number of ether oxygens (including phenoxy) is 2. The SMILES string of the molecule is O=C(COC(=O)COc1ccccc1F)Nc1cc([N+](=O)[O-])ccc1Cl. The van der Waals surface area contributed by atoms with Crippen LogP contribution in [0.5, 0.6) is 5.75 Å². The number of anilines is 1. The number of esters is 1. The number of benzene rings is 2. The number of nitrogens with one attached hydrogen (secondary N) is 1. The topological polar surface area (TPSA) is 108 Å². The van der Waals surface area contributed by atoms with Crippen molar-refractivity contribution in [2.45, 2.75) is 0 Å². The number of hydrogen-bond donors (Lipinski definition) is 1. The third-order valence-electron chi connectivity index (χ3n) is 2.98. The first-order chi connectivity index (χ1) is 12.4. The number of amides is 1. The second-order valence-corrected chi connectivity index (χ2v) is 5.26. The lowest BCUT2D eigenvalue weighted by Gasteiger charge is -2.09. The van der Waals surface area contributed by atoms with Crippen molar-refractivity contribution < 1.29 is 28.4 Å². The maximum Gasteiger partial charge on any atom is 0.344 e. The first-order valence-electron chi connectivity index (χ1n) is 7.13. The molecule has 0 unspecified atom stereocenters. The van der Waals surface area contributed by atoms with Crippen molar-refractivity contribution in [1.82, 2.24) is 0 Å². The number of hydrogen-bond acceptors (Lipinski definition) is 6. The van der Waals surface area contributed by atoms with Gasteiger partial charge < -0.3 is 14.8 Å². The summed E-state index contributed by atoms with van der Waals surface area (Å²) in [7, 11) is 0. The van der Waals surface area contributed by atoms with Crippen LogP contribution in [0.15, 0.2) is 42.5 Å². The Hall–Kier alpha value is -3.20. The molecule has 136 valence electrons. The Morgan fingerprint density at radius 1 is 1.19 bits per heavy atom. The van der Waals surface area contributed by atoms with Crippen LogP contribution in [-0.2, 0) is 14.3 Å². The van der Waals surface area contributed by atoms with Crippen LogP contribution in [0.2, 0.25) is 5.02 Å². The van der Waals surface area contributed by atoms with Gasteiger partial charge in [-0.05, 0) is 18.2 Å². The summed E-state index contributed by atoms with van der Waals surface area (Å²) in [6.07, 6.45) is 0. The summed E-state index contributed by atoms with van der Waals surface area (Å²) in [5, 5.41) is 13.1. The van der Waals surface area contributed by atoms with Crippen LogP contribution in [-0.4, -0.2) is 30.0 Å². The van der Waals surface area contributed by atoms with Crippen molar-refractivity contribution in [3.05, 3.63) is 63.4 Å². The monoisotopic (exact) mass is 382 g/mol. The number of para-hydroxylation sites is 1. The largest absolute Gasteiger partial charge is 0.479 e. The van der Waals surface area contributed by atoms with Gasteiger partial charge in [0.2, 0.25) is 0 Å². The van der Waals surface area contributed by atoms with E-state index in [-0.39, 0.29) is 22.1 Å². The first kappa shape index (κ1) is 19.1. The van der Waals surface area contributed by atoms with Crippen molar-refractivity contribution >= 4 is 34.9 Å². The van der Waals surface area contributed by atoms with Crippen LogP contribution in [0.3, 0.4) is 0 Å². The lowest BCUT2D eigenvalue weighted by molar-refractivity contribution is -0.384. The van der Waals surface area contributed by atoms with Crippen molar-refractivity contribution in [2.75, 3.05) is 18.5 Å². The molecule has 2 rings (SSSR count). The van der Waals surface area contributed by atoms with Gasteiger partial charge in [-0.3, -0.25) is 14.9 Å². The van der Waals surface area contributed by atoms with Gasteiger partial charge in [0.15, 0.2) is 24.8 Å². The highest BCUT2D eigenvalue weighted by atomic mass is 35.5. The third-order valence-corrected chi connectivity index (χ3v) is 3.31. The fourth-order valence-electron chi connectivity index (χ4n) is 1.80. The van der Waals surface area contributed by atoms with Crippen LogP contribution in [0.1, 0.15) is 0 Å². The molecule has 0 heterocycles. The first-order valence-corrected chi connectivity index (χ1v) is 7.51. The molecule has 0 aliphatic carbocycles. The summed E-state index contributed by atoms with van der Waals surface area (Å²) in [4.78, 5) is 33.4. The standard InChI is InChI=1S/C16H12ClFN2O6/c17-11-6-5-10(20(23)24)7-13(11)19-15(21)8-26-16(22)9-25-14-4-2-1-3-12(14)18/h1-7H,8-9H2,(H,19,21). The average Bonchev–Trinajstić information content (AvgIpc) is 2.61. The van der Waals surface area contributed by atoms with Gasteiger partial charge in [0.25, 0.3) is 11.6 Å². The number of nitrogens with zero attached hydrogens (tertiary/aromatic N) is 1. The van der Waals surface area contributed by atoms with Crippen LogP contribution in [0.4, 0.5) is 15.8 Å². The summed E-state index contributed by atoms with van der Waals surface area (Å²) in [5.74, 6) is -2.42. The van der Waals surface area contributed by atoms with Gasteiger partial charge in [-0.1, -0.05) is 23.7 Å². The van der Waals surface area contributed by atoms with Crippen molar-refractivity contribution in [3.63, 3.8) is 0 Å². The molecule has 2 aromatic carbocycles.